The summed E-state index contributed by atoms with van der Waals surface area (Å²) in [5, 5.41) is 2.20. The van der Waals surface area contributed by atoms with Crippen molar-refractivity contribution in [3.05, 3.63) is 65.7 Å². The fourth-order valence-corrected chi connectivity index (χ4v) is 2.55. The summed E-state index contributed by atoms with van der Waals surface area (Å²) < 4.78 is 5.57. The summed E-state index contributed by atoms with van der Waals surface area (Å²) >= 11 is 0. The van der Waals surface area contributed by atoms with Gasteiger partial charge in [0.25, 0.3) is 11.8 Å². The Labute approximate surface area is 151 Å². The second-order valence-electron chi connectivity index (χ2n) is 6.03. The Morgan fingerprint density at radius 1 is 0.962 bits per heavy atom. The zero-order valence-corrected chi connectivity index (χ0v) is 14.4. The highest BCUT2D eigenvalue weighted by molar-refractivity contribution is 6.39. The van der Waals surface area contributed by atoms with E-state index in [1.54, 1.807) is 54.6 Å². The summed E-state index contributed by atoms with van der Waals surface area (Å²) in [6, 6.07) is 14.7. The molecule has 1 heterocycles. The lowest BCUT2D eigenvalue weighted by atomic mass is 10.1. The predicted molar refractivity (Wildman–Crippen MR) is 97.6 cm³/mol. The lowest BCUT2D eigenvalue weighted by molar-refractivity contribution is -0.122. The number of para-hydroxylation sites is 1. The number of amides is 4. The van der Waals surface area contributed by atoms with Crippen LogP contribution in [0.15, 0.2) is 60.2 Å². The van der Waals surface area contributed by atoms with E-state index in [0.29, 0.717) is 17.0 Å². The first-order chi connectivity index (χ1) is 12.5. The van der Waals surface area contributed by atoms with Crippen LogP contribution in [0.5, 0.6) is 5.75 Å². The van der Waals surface area contributed by atoms with Gasteiger partial charge in [-0.2, -0.15) is 0 Å². The van der Waals surface area contributed by atoms with E-state index < -0.39 is 17.8 Å². The van der Waals surface area contributed by atoms with Gasteiger partial charge in [0.05, 0.1) is 11.8 Å². The minimum atomic E-state index is -0.760. The van der Waals surface area contributed by atoms with Gasteiger partial charge < -0.3 is 4.74 Å². The van der Waals surface area contributed by atoms with E-state index >= 15 is 0 Å². The lowest BCUT2D eigenvalue weighted by Gasteiger charge is -2.26. The first kappa shape index (κ1) is 17.4. The third-order valence-electron chi connectivity index (χ3n) is 3.68. The van der Waals surface area contributed by atoms with Gasteiger partial charge in [-0.05, 0) is 49.8 Å². The van der Waals surface area contributed by atoms with Crippen molar-refractivity contribution in [3.8, 4) is 5.75 Å². The molecule has 2 aromatic carbocycles. The number of imide groups is 2. The molecule has 26 heavy (non-hydrogen) atoms. The molecule has 3 rings (SSSR count). The Balaban J connectivity index is 1.90. The SMILES string of the molecule is CC(C)Oc1ccc(/C=C2\C(=O)NC(=O)N(c3ccccc3)C2=O)cc1. The molecule has 6 heteroatoms. The van der Waals surface area contributed by atoms with Crippen LogP contribution in [-0.4, -0.2) is 23.9 Å². The van der Waals surface area contributed by atoms with Gasteiger partial charge in [0.15, 0.2) is 0 Å². The fraction of sp³-hybridized carbons (Fsp3) is 0.150. The first-order valence-corrected chi connectivity index (χ1v) is 8.19. The normalized spacial score (nSPS) is 16.2. The van der Waals surface area contributed by atoms with Gasteiger partial charge in [-0.3, -0.25) is 14.9 Å². The molecule has 1 N–H and O–H groups in total. The number of nitrogens with one attached hydrogen (secondary N) is 1. The molecule has 0 aromatic heterocycles. The average Bonchev–Trinajstić information content (AvgIpc) is 2.60. The second kappa shape index (κ2) is 7.23. The van der Waals surface area contributed by atoms with Gasteiger partial charge in [0.1, 0.15) is 11.3 Å². The quantitative estimate of drug-likeness (QED) is 0.679. The monoisotopic (exact) mass is 350 g/mol. The van der Waals surface area contributed by atoms with E-state index in [-0.39, 0.29) is 11.7 Å². The van der Waals surface area contributed by atoms with E-state index in [1.165, 1.54) is 6.08 Å². The van der Waals surface area contributed by atoms with Crippen LogP contribution in [0, 0.1) is 0 Å². The molecule has 1 fully saturated rings. The van der Waals surface area contributed by atoms with Crippen LogP contribution in [0.25, 0.3) is 6.08 Å². The Kier molecular flexibility index (Phi) is 4.84. The summed E-state index contributed by atoms with van der Waals surface area (Å²) in [6.45, 7) is 3.85. The van der Waals surface area contributed by atoms with Gasteiger partial charge in [-0.1, -0.05) is 30.3 Å². The second-order valence-corrected chi connectivity index (χ2v) is 6.03. The number of barbiturate groups is 1. The van der Waals surface area contributed by atoms with E-state index in [4.69, 9.17) is 4.74 Å². The number of urea groups is 1. The first-order valence-electron chi connectivity index (χ1n) is 8.19. The number of anilines is 1. The summed E-state index contributed by atoms with van der Waals surface area (Å²) in [5.74, 6) is -0.676. The van der Waals surface area contributed by atoms with Gasteiger partial charge in [0, 0.05) is 0 Å². The highest BCUT2D eigenvalue weighted by Gasteiger charge is 2.36. The van der Waals surface area contributed by atoms with Crippen LogP contribution < -0.4 is 15.0 Å². The van der Waals surface area contributed by atoms with Crippen molar-refractivity contribution in [2.24, 2.45) is 0 Å². The Bertz CT molecular complexity index is 870. The average molecular weight is 350 g/mol. The molecule has 0 bridgehead atoms. The molecule has 0 radical (unpaired) electrons. The number of carbonyl (C=O) groups is 3. The van der Waals surface area contributed by atoms with Crippen LogP contribution in [0.4, 0.5) is 10.5 Å². The third-order valence-corrected chi connectivity index (χ3v) is 3.68. The number of benzene rings is 2. The number of hydrogen-bond acceptors (Lipinski definition) is 4. The predicted octanol–water partition coefficient (Wildman–Crippen LogP) is 3.14. The molecule has 0 unspecified atom stereocenters. The number of nitrogens with zero attached hydrogens (tertiary/aromatic N) is 1. The number of hydrogen-bond donors (Lipinski definition) is 1. The van der Waals surface area contributed by atoms with Crippen LogP contribution in [-0.2, 0) is 9.59 Å². The minimum Gasteiger partial charge on any atom is -0.491 e. The van der Waals surface area contributed by atoms with Crippen molar-refractivity contribution in [1.82, 2.24) is 5.32 Å². The largest absolute Gasteiger partial charge is 0.491 e. The number of carbonyl (C=O) groups excluding carboxylic acids is 3. The molecular weight excluding hydrogens is 332 g/mol. The van der Waals surface area contributed by atoms with Crippen LogP contribution in [0.2, 0.25) is 0 Å². The van der Waals surface area contributed by atoms with Gasteiger partial charge in [-0.15, -0.1) is 0 Å². The summed E-state index contributed by atoms with van der Waals surface area (Å²) in [6.07, 6.45) is 1.51. The third kappa shape index (κ3) is 3.64. The highest BCUT2D eigenvalue weighted by Crippen LogP contribution is 2.22. The van der Waals surface area contributed by atoms with Gasteiger partial charge >= 0.3 is 6.03 Å². The molecule has 0 saturated carbocycles. The highest BCUT2D eigenvalue weighted by atomic mass is 16.5. The smallest absolute Gasteiger partial charge is 0.335 e. The maximum Gasteiger partial charge on any atom is 0.335 e. The Hall–Kier alpha value is -3.41. The lowest BCUT2D eigenvalue weighted by Crippen LogP contribution is -2.54. The van der Waals surface area contributed by atoms with Gasteiger partial charge in [0.2, 0.25) is 0 Å². The minimum absolute atomic E-state index is 0.0512. The van der Waals surface area contributed by atoms with Gasteiger partial charge in [-0.25, -0.2) is 9.69 Å². The van der Waals surface area contributed by atoms with E-state index in [1.807, 2.05) is 13.8 Å². The van der Waals surface area contributed by atoms with Crippen LogP contribution in [0.1, 0.15) is 19.4 Å². The maximum absolute atomic E-state index is 12.7. The van der Waals surface area contributed by atoms with Crippen LogP contribution >= 0.6 is 0 Å². The molecule has 4 amide bonds. The summed E-state index contributed by atoms with van der Waals surface area (Å²) in [7, 11) is 0. The topological polar surface area (TPSA) is 75.7 Å². The fourth-order valence-electron chi connectivity index (χ4n) is 2.55. The van der Waals surface area contributed by atoms with Crippen molar-refractivity contribution in [1.29, 1.82) is 0 Å². The van der Waals surface area contributed by atoms with Crippen molar-refractivity contribution >= 4 is 29.6 Å². The zero-order chi connectivity index (χ0) is 18.7. The van der Waals surface area contributed by atoms with E-state index in [0.717, 1.165) is 4.90 Å². The molecular formula is C20H18N2O4. The Morgan fingerprint density at radius 2 is 1.62 bits per heavy atom. The molecule has 1 aliphatic heterocycles. The molecule has 132 valence electrons. The molecule has 0 spiro atoms. The number of rotatable bonds is 4. The van der Waals surface area contributed by atoms with Crippen molar-refractivity contribution in [2.45, 2.75) is 20.0 Å². The molecule has 0 aliphatic carbocycles. The Morgan fingerprint density at radius 3 is 2.23 bits per heavy atom. The molecule has 1 saturated heterocycles. The van der Waals surface area contributed by atoms with E-state index in [2.05, 4.69) is 5.32 Å². The molecule has 6 nitrogen and oxygen atoms in total. The summed E-state index contributed by atoms with van der Waals surface area (Å²) in [5.41, 5.74) is 0.946. The van der Waals surface area contributed by atoms with Crippen molar-refractivity contribution < 1.29 is 19.1 Å². The van der Waals surface area contributed by atoms with Crippen LogP contribution in [0.3, 0.4) is 0 Å². The zero-order valence-electron chi connectivity index (χ0n) is 14.4. The molecule has 2 aromatic rings. The summed E-state index contributed by atoms with van der Waals surface area (Å²) in [4.78, 5) is 37.9. The van der Waals surface area contributed by atoms with E-state index in [9.17, 15) is 14.4 Å². The standard InChI is InChI=1S/C20H18N2O4/c1-13(2)26-16-10-8-14(9-11-16)12-17-18(23)21-20(25)22(19(17)24)15-6-4-3-5-7-15/h3-13H,1-2H3,(H,21,23,25)/b17-12+. The van der Waals surface area contributed by atoms with Crippen molar-refractivity contribution in [3.63, 3.8) is 0 Å². The maximum atomic E-state index is 12.7. The molecule has 0 atom stereocenters. The van der Waals surface area contributed by atoms with Crippen molar-refractivity contribution in [2.75, 3.05) is 4.90 Å². The number of ether oxygens (including phenoxy) is 1. The molecule has 1 aliphatic rings.